The summed E-state index contributed by atoms with van der Waals surface area (Å²) in [7, 11) is -6.47. The van der Waals surface area contributed by atoms with Crippen LogP contribution < -0.4 is 10.6 Å². The molecule has 8 nitrogen and oxygen atoms in total. The molecule has 0 heterocycles. The minimum Gasteiger partial charge on any atom is -0.428 e. The van der Waals surface area contributed by atoms with Gasteiger partial charge in [0.15, 0.2) is 9.84 Å². The maximum absolute atomic E-state index is 12.6. The van der Waals surface area contributed by atoms with Crippen LogP contribution in [0, 0.1) is 5.41 Å². The highest BCUT2D eigenvalue weighted by atomic mass is 32.2. The van der Waals surface area contributed by atoms with Gasteiger partial charge in [-0.25, -0.2) is 18.0 Å². The van der Waals surface area contributed by atoms with Crippen LogP contribution in [0.4, 0.5) is 15.3 Å². The second-order valence-electron chi connectivity index (χ2n) is 9.17. The molecule has 1 aromatic rings. The highest BCUT2D eigenvalue weighted by Gasteiger charge is 2.31. The Bertz CT molecular complexity index is 940. The fourth-order valence-corrected chi connectivity index (χ4v) is 4.96. The summed E-state index contributed by atoms with van der Waals surface area (Å²) in [6, 6.07) is 3.83. The van der Waals surface area contributed by atoms with E-state index in [-0.39, 0.29) is 21.3 Å². The van der Waals surface area contributed by atoms with Gasteiger partial charge < -0.3 is 14.0 Å². The standard InChI is InChI=1S/C19H30NO7PS/c1-18(2,3)12-19(4,5)27-17(22)26-16(21)20-14-10-9-13(29(8,24)25)11-15(14)28(6,7)23/h9-11H,12H2,1-8H3,(H,20,21). The third-order valence-corrected chi connectivity index (χ3v) is 6.35. The van der Waals surface area contributed by atoms with Crippen LogP contribution in [-0.2, 0) is 23.9 Å². The second kappa shape index (κ2) is 8.48. The summed E-state index contributed by atoms with van der Waals surface area (Å²) in [6.07, 6.45) is -0.715. The van der Waals surface area contributed by atoms with E-state index < -0.39 is 34.8 Å². The Balaban J connectivity index is 2.97. The Kier molecular flexibility index (Phi) is 7.36. The molecule has 29 heavy (non-hydrogen) atoms. The number of hydrogen-bond acceptors (Lipinski definition) is 7. The molecule has 10 heteroatoms. The monoisotopic (exact) mass is 447 g/mol. The lowest BCUT2D eigenvalue weighted by Gasteiger charge is -2.31. The first-order chi connectivity index (χ1) is 12.8. The zero-order valence-corrected chi connectivity index (χ0v) is 19.9. The van der Waals surface area contributed by atoms with Crippen LogP contribution in [0.2, 0.25) is 0 Å². The molecule has 0 atom stereocenters. The van der Waals surface area contributed by atoms with Gasteiger partial charge in [0.2, 0.25) is 0 Å². The number of ether oxygens (including phenoxy) is 2. The number of nitrogens with one attached hydrogen (secondary N) is 1. The molecule has 1 amide bonds. The Morgan fingerprint density at radius 3 is 2.10 bits per heavy atom. The highest BCUT2D eigenvalue weighted by molar-refractivity contribution is 7.90. The van der Waals surface area contributed by atoms with Gasteiger partial charge in [-0.1, -0.05) is 20.8 Å². The van der Waals surface area contributed by atoms with Crippen LogP contribution in [0.1, 0.15) is 41.0 Å². The van der Waals surface area contributed by atoms with Gasteiger partial charge >= 0.3 is 12.2 Å². The number of rotatable bonds is 5. The molecule has 0 aliphatic rings. The number of carbonyl (C=O) groups is 2. The maximum atomic E-state index is 12.6. The molecule has 0 fully saturated rings. The molecule has 0 unspecified atom stereocenters. The van der Waals surface area contributed by atoms with E-state index in [2.05, 4.69) is 10.1 Å². The van der Waals surface area contributed by atoms with Crippen molar-refractivity contribution in [2.45, 2.75) is 51.5 Å². The molecule has 0 radical (unpaired) electrons. The van der Waals surface area contributed by atoms with Crippen LogP contribution in [0.15, 0.2) is 23.1 Å². The molecule has 0 aliphatic carbocycles. The summed E-state index contributed by atoms with van der Waals surface area (Å²) in [5.74, 6) is 0. The van der Waals surface area contributed by atoms with E-state index in [1.54, 1.807) is 13.8 Å². The van der Waals surface area contributed by atoms with Crippen molar-refractivity contribution in [2.75, 3.05) is 24.9 Å². The average molecular weight is 447 g/mol. The van der Waals surface area contributed by atoms with Crippen LogP contribution in [0.3, 0.4) is 0 Å². The number of anilines is 1. The minimum absolute atomic E-state index is 0.0290. The van der Waals surface area contributed by atoms with E-state index in [0.29, 0.717) is 6.42 Å². The highest BCUT2D eigenvalue weighted by Crippen LogP contribution is 2.38. The second-order valence-corrected chi connectivity index (χ2v) is 14.4. The molecular weight excluding hydrogens is 417 g/mol. The normalized spacial score (nSPS) is 13.0. The summed E-state index contributed by atoms with van der Waals surface area (Å²) < 4.78 is 46.0. The van der Waals surface area contributed by atoms with Crippen LogP contribution in [-0.4, -0.2) is 45.9 Å². The van der Waals surface area contributed by atoms with Gasteiger partial charge in [-0.15, -0.1) is 0 Å². The van der Waals surface area contributed by atoms with Crippen LogP contribution in [0.5, 0.6) is 0 Å². The Hall–Kier alpha value is -1.86. The molecule has 0 aliphatic heterocycles. The maximum Gasteiger partial charge on any atom is 0.517 e. The molecule has 0 saturated heterocycles. The fraction of sp³-hybridized carbons (Fsp3) is 0.579. The molecule has 1 rings (SSSR count). The largest absolute Gasteiger partial charge is 0.517 e. The molecule has 0 spiro atoms. The van der Waals surface area contributed by atoms with Gasteiger partial charge in [0.05, 0.1) is 10.6 Å². The lowest BCUT2D eigenvalue weighted by Crippen LogP contribution is -2.34. The van der Waals surface area contributed by atoms with Crippen molar-refractivity contribution in [1.29, 1.82) is 0 Å². The summed E-state index contributed by atoms with van der Waals surface area (Å²) in [4.78, 5) is 24.1. The first kappa shape index (κ1) is 25.2. The zero-order valence-electron chi connectivity index (χ0n) is 18.2. The third-order valence-electron chi connectivity index (χ3n) is 3.71. The average Bonchev–Trinajstić information content (AvgIpc) is 2.41. The van der Waals surface area contributed by atoms with Gasteiger partial charge in [-0.05, 0) is 57.2 Å². The van der Waals surface area contributed by atoms with Crippen LogP contribution in [0.25, 0.3) is 0 Å². The number of hydrogen-bond donors (Lipinski definition) is 1. The summed E-state index contributed by atoms with van der Waals surface area (Å²) in [6.45, 7) is 12.3. The quantitative estimate of drug-likeness (QED) is 0.408. The van der Waals surface area contributed by atoms with Crippen molar-refractivity contribution in [3.63, 3.8) is 0 Å². The Morgan fingerprint density at radius 2 is 1.66 bits per heavy atom. The summed E-state index contributed by atoms with van der Waals surface area (Å²) in [5, 5.41) is 2.48. The molecule has 164 valence electrons. The van der Waals surface area contributed by atoms with E-state index in [0.717, 1.165) is 6.26 Å². The fourth-order valence-electron chi connectivity index (χ4n) is 3.06. The first-order valence-electron chi connectivity index (χ1n) is 8.92. The molecule has 0 saturated carbocycles. The first-order valence-corrected chi connectivity index (χ1v) is 13.4. The van der Waals surface area contributed by atoms with Gasteiger partial charge in [0, 0.05) is 11.6 Å². The zero-order chi connectivity index (χ0) is 22.8. The van der Waals surface area contributed by atoms with Gasteiger partial charge in [0.1, 0.15) is 12.7 Å². The molecule has 0 bridgehead atoms. The van der Waals surface area contributed by atoms with Crippen molar-refractivity contribution in [3.05, 3.63) is 18.2 Å². The van der Waals surface area contributed by atoms with Crippen molar-refractivity contribution in [2.24, 2.45) is 5.41 Å². The SMILES string of the molecule is CC(C)(C)CC(C)(C)OC(=O)OC(=O)Nc1ccc(S(C)(=O)=O)cc1P(C)(C)=O. The third kappa shape index (κ3) is 8.58. The summed E-state index contributed by atoms with van der Waals surface area (Å²) >= 11 is 0. The van der Waals surface area contributed by atoms with Crippen LogP contribution >= 0.6 is 7.14 Å². The van der Waals surface area contributed by atoms with Crippen molar-refractivity contribution in [3.8, 4) is 0 Å². The minimum atomic E-state index is -3.52. The van der Waals surface area contributed by atoms with E-state index in [4.69, 9.17) is 4.74 Å². The predicted molar refractivity (Wildman–Crippen MR) is 113 cm³/mol. The predicted octanol–water partition coefficient (Wildman–Crippen LogP) is 4.24. The van der Waals surface area contributed by atoms with E-state index in [1.807, 2.05) is 20.8 Å². The van der Waals surface area contributed by atoms with E-state index in [1.165, 1.54) is 31.5 Å². The molecule has 1 aromatic carbocycles. The number of carbonyl (C=O) groups excluding carboxylic acids is 2. The van der Waals surface area contributed by atoms with Crippen molar-refractivity contribution >= 4 is 40.2 Å². The topological polar surface area (TPSA) is 116 Å². The smallest absolute Gasteiger partial charge is 0.428 e. The lowest BCUT2D eigenvalue weighted by molar-refractivity contribution is -0.0200. The van der Waals surface area contributed by atoms with Gasteiger partial charge in [-0.2, -0.15) is 0 Å². The van der Waals surface area contributed by atoms with Gasteiger partial charge in [-0.3, -0.25) is 5.32 Å². The Labute approximate surface area is 172 Å². The number of sulfone groups is 1. The number of benzene rings is 1. The van der Waals surface area contributed by atoms with Crippen molar-refractivity contribution < 1.29 is 32.0 Å². The van der Waals surface area contributed by atoms with E-state index >= 15 is 0 Å². The van der Waals surface area contributed by atoms with E-state index in [9.17, 15) is 22.6 Å². The molecule has 0 aromatic heterocycles. The van der Waals surface area contributed by atoms with Crippen molar-refractivity contribution in [1.82, 2.24) is 0 Å². The summed E-state index contributed by atoms with van der Waals surface area (Å²) in [5.41, 5.74) is -0.857. The lowest BCUT2D eigenvalue weighted by atomic mass is 9.84. The molecule has 1 N–H and O–H groups in total. The number of amides is 1. The molecular formula is C19H30NO7PS. The Morgan fingerprint density at radius 1 is 1.10 bits per heavy atom. The van der Waals surface area contributed by atoms with Gasteiger partial charge in [0.25, 0.3) is 0 Å².